The summed E-state index contributed by atoms with van der Waals surface area (Å²) in [5, 5.41) is 0.712. The number of carbonyl (C=O) groups is 1. The lowest BCUT2D eigenvalue weighted by atomic mass is 10.2. The van der Waals surface area contributed by atoms with Gasteiger partial charge < -0.3 is 9.80 Å². The van der Waals surface area contributed by atoms with E-state index in [0.29, 0.717) is 37.3 Å². The second-order valence-corrected chi connectivity index (χ2v) is 10.2. The lowest BCUT2D eigenvalue weighted by Crippen LogP contribution is -2.32. The van der Waals surface area contributed by atoms with Crippen molar-refractivity contribution in [1.82, 2.24) is 4.90 Å². The highest BCUT2D eigenvalue weighted by molar-refractivity contribution is 8.26. The fraction of sp³-hybridized carbons (Fsp3) is 0.375. The Bertz CT molecular complexity index is 997. The average Bonchev–Trinajstić information content (AvgIpc) is 3.01. The van der Waals surface area contributed by atoms with Gasteiger partial charge in [0.25, 0.3) is 16.0 Å². The number of benzene rings is 1. The van der Waals surface area contributed by atoms with Crippen molar-refractivity contribution in [1.29, 1.82) is 0 Å². The highest BCUT2D eigenvalue weighted by Gasteiger charge is 2.40. The van der Waals surface area contributed by atoms with Crippen molar-refractivity contribution >= 4 is 78.9 Å². The van der Waals surface area contributed by atoms with Crippen LogP contribution in [0.3, 0.4) is 0 Å². The number of hydrogen-bond donors (Lipinski definition) is 1. The number of nitrogens with zero attached hydrogens (tertiary/aromatic N) is 3. The van der Waals surface area contributed by atoms with E-state index in [2.05, 4.69) is 0 Å². The summed E-state index contributed by atoms with van der Waals surface area (Å²) in [5.41, 5.74) is 1.43. The molecule has 1 fully saturated rings. The van der Waals surface area contributed by atoms with Crippen LogP contribution in [0.4, 0.5) is 11.4 Å². The SMILES string of the molecule is CCN1C(=O)/C(=C2/N(C)c3cc(Cl)c(Cl)cc3N2CCCS(=O)(=O)O)SC1=S. The zero-order chi connectivity index (χ0) is 20.8. The Morgan fingerprint density at radius 2 is 1.79 bits per heavy atom. The predicted octanol–water partition coefficient (Wildman–Crippen LogP) is 3.58. The summed E-state index contributed by atoms with van der Waals surface area (Å²) in [5.74, 6) is -0.0197. The van der Waals surface area contributed by atoms with Crippen LogP contribution >= 0.6 is 47.2 Å². The standard InChI is InChI=1S/C16H17Cl2N3O4S3/c1-3-20-15(22)13(27-16(20)26)14-19(2)11-7-9(17)10(18)8-12(11)21(14)5-4-6-28(23,24)25/h7-8H,3-6H2,1-2H3,(H,23,24,25)/b14-13+. The van der Waals surface area contributed by atoms with Gasteiger partial charge in [-0.2, -0.15) is 8.42 Å². The first-order chi connectivity index (χ1) is 13.0. The van der Waals surface area contributed by atoms with Crippen LogP contribution in [0.1, 0.15) is 13.3 Å². The molecular formula is C16H17Cl2N3O4S3. The van der Waals surface area contributed by atoms with Crippen LogP contribution in [0.25, 0.3) is 0 Å². The van der Waals surface area contributed by atoms with Gasteiger partial charge in [-0.3, -0.25) is 14.2 Å². The highest BCUT2D eigenvalue weighted by Crippen LogP contribution is 2.48. The molecule has 152 valence electrons. The predicted molar refractivity (Wildman–Crippen MR) is 118 cm³/mol. The van der Waals surface area contributed by atoms with Crippen molar-refractivity contribution in [2.24, 2.45) is 0 Å². The van der Waals surface area contributed by atoms with Crippen LogP contribution in [-0.4, -0.2) is 54.0 Å². The number of likely N-dealkylation sites (N-methyl/N-ethyl adjacent to an activating group) is 1. The smallest absolute Gasteiger partial charge is 0.269 e. The number of thioether (sulfide) groups is 1. The maximum atomic E-state index is 12.9. The molecule has 28 heavy (non-hydrogen) atoms. The van der Waals surface area contributed by atoms with Crippen LogP contribution < -0.4 is 9.80 Å². The third kappa shape index (κ3) is 3.99. The average molecular weight is 482 g/mol. The zero-order valence-electron chi connectivity index (χ0n) is 15.0. The molecule has 7 nitrogen and oxygen atoms in total. The Balaban J connectivity index is 2.08. The van der Waals surface area contributed by atoms with Gasteiger partial charge in [0.05, 0.1) is 27.2 Å². The van der Waals surface area contributed by atoms with Crippen molar-refractivity contribution < 1.29 is 17.8 Å². The largest absolute Gasteiger partial charge is 0.328 e. The van der Waals surface area contributed by atoms with Crippen LogP contribution in [0, 0.1) is 0 Å². The molecule has 2 aliphatic rings. The Labute approximate surface area is 183 Å². The molecule has 0 aromatic heterocycles. The van der Waals surface area contributed by atoms with Gasteiger partial charge in [0.2, 0.25) is 0 Å². The fourth-order valence-corrected chi connectivity index (χ4v) is 5.44. The van der Waals surface area contributed by atoms with Gasteiger partial charge in [-0.1, -0.05) is 47.2 Å². The summed E-state index contributed by atoms with van der Waals surface area (Å²) in [6.07, 6.45) is 0.157. The number of anilines is 2. The third-order valence-electron chi connectivity index (χ3n) is 4.40. The molecule has 0 spiro atoms. The van der Waals surface area contributed by atoms with E-state index < -0.39 is 15.9 Å². The number of carbonyl (C=O) groups excluding carboxylic acids is 1. The van der Waals surface area contributed by atoms with Crippen molar-refractivity contribution in [2.75, 3.05) is 35.7 Å². The summed E-state index contributed by atoms with van der Waals surface area (Å²) >= 11 is 18.9. The minimum atomic E-state index is -4.10. The molecule has 1 amide bonds. The van der Waals surface area contributed by atoms with E-state index >= 15 is 0 Å². The Morgan fingerprint density at radius 3 is 2.32 bits per heavy atom. The van der Waals surface area contributed by atoms with Crippen molar-refractivity contribution in [2.45, 2.75) is 13.3 Å². The number of thiocarbonyl (C=S) groups is 1. The second kappa shape index (κ2) is 8.00. The van der Waals surface area contributed by atoms with E-state index in [1.807, 2.05) is 16.7 Å². The lowest BCUT2D eigenvalue weighted by Gasteiger charge is -2.24. The van der Waals surface area contributed by atoms with Gasteiger partial charge in [0.15, 0.2) is 0 Å². The topological polar surface area (TPSA) is 81.2 Å². The maximum absolute atomic E-state index is 12.9. The van der Waals surface area contributed by atoms with Crippen molar-refractivity contribution in [3.8, 4) is 0 Å². The first kappa shape index (κ1) is 21.7. The molecule has 2 heterocycles. The molecule has 1 aromatic rings. The van der Waals surface area contributed by atoms with Gasteiger partial charge in [-0.15, -0.1) is 0 Å². The summed E-state index contributed by atoms with van der Waals surface area (Å²) < 4.78 is 31.8. The minimum Gasteiger partial charge on any atom is -0.328 e. The van der Waals surface area contributed by atoms with E-state index in [-0.39, 0.29) is 18.9 Å². The van der Waals surface area contributed by atoms with Crippen LogP contribution in [0.2, 0.25) is 10.0 Å². The first-order valence-electron chi connectivity index (χ1n) is 8.28. The maximum Gasteiger partial charge on any atom is 0.269 e. The molecule has 0 radical (unpaired) electrons. The van der Waals surface area contributed by atoms with E-state index in [1.165, 1.54) is 16.7 Å². The van der Waals surface area contributed by atoms with Gasteiger partial charge in [-0.25, -0.2) is 0 Å². The minimum absolute atomic E-state index is 0.157. The molecule has 2 aliphatic heterocycles. The summed E-state index contributed by atoms with van der Waals surface area (Å²) in [6, 6.07) is 3.37. The van der Waals surface area contributed by atoms with Crippen molar-refractivity contribution in [3.05, 3.63) is 32.9 Å². The van der Waals surface area contributed by atoms with Crippen LogP contribution in [-0.2, 0) is 14.9 Å². The van der Waals surface area contributed by atoms with Gasteiger partial charge >= 0.3 is 0 Å². The molecule has 1 N–H and O–H groups in total. The van der Waals surface area contributed by atoms with Gasteiger partial charge in [0, 0.05) is 20.1 Å². The summed E-state index contributed by atoms with van der Waals surface area (Å²) in [4.78, 5) is 18.4. The highest BCUT2D eigenvalue weighted by atomic mass is 35.5. The molecule has 0 bridgehead atoms. The first-order valence-corrected chi connectivity index (χ1v) is 11.9. The number of amides is 1. The number of hydrogen-bond acceptors (Lipinski definition) is 7. The van der Waals surface area contributed by atoms with Gasteiger partial charge in [-0.05, 0) is 25.5 Å². The molecule has 1 saturated heterocycles. The Kier molecular flexibility index (Phi) is 6.19. The Morgan fingerprint density at radius 1 is 1.18 bits per heavy atom. The molecular weight excluding hydrogens is 465 g/mol. The van der Waals surface area contributed by atoms with Crippen LogP contribution in [0.5, 0.6) is 0 Å². The van der Waals surface area contributed by atoms with E-state index in [4.69, 9.17) is 40.0 Å². The molecule has 12 heteroatoms. The monoisotopic (exact) mass is 481 g/mol. The van der Waals surface area contributed by atoms with E-state index in [1.54, 1.807) is 19.2 Å². The zero-order valence-corrected chi connectivity index (χ0v) is 18.9. The molecule has 1 aromatic carbocycles. The van der Waals surface area contributed by atoms with Crippen molar-refractivity contribution in [3.63, 3.8) is 0 Å². The molecule has 3 rings (SSSR count). The molecule has 0 aliphatic carbocycles. The normalized spacial score (nSPS) is 19.8. The third-order valence-corrected chi connectivity index (χ3v) is 7.35. The summed E-state index contributed by atoms with van der Waals surface area (Å²) in [6.45, 7) is 2.55. The fourth-order valence-electron chi connectivity index (χ4n) is 3.13. The molecule has 0 atom stereocenters. The number of halogens is 2. The van der Waals surface area contributed by atoms with Gasteiger partial charge in [0.1, 0.15) is 15.0 Å². The van der Waals surface area contributed by atoms with E-state index in [0.717, 1.165) is 5.69 Å². The van der Waals surface area contributed by atoms with E-state index in [9.17, 15) is 13.2 Å². The number of fused-ring (bicyclic) bond motifs is 1. The Hall–Kier alpha value is -1.04. The summed E-state index contributed by atoms with van der Waals surface area (Å²) in [7, 11) is -2.30. The number of rotatable bonds is 5. The molecule has 0 unspecified atom stereocenters. The second-order valence-electron chi connectivity index (χ2n) is 6.18. The van der Waals surface area contributed by atoms with Crippen LogP contribution in [0.15, 0.2) is 22.9 Å². The lowest BCUT2D eigenvalue weighted by molar-refractivity contribution is -0.122. The molecule has 0 saturated carbocycles. The quantitative estimate of drug-likeness (QED) is 0.388.